The molecule has 1 N–H and O–H groups in total. The highest BCUT2D eigenvalue weighted by Crippen LogP contribution is 2.49. The van der Waals surface area contributed by atoms with Crippen LogP contribution in [0.5, 0.6) is 0 Å². The maximum atomic E-state index is 8.94. The van der Waals surface area contributed by atoms with E-state index in [-0.39, 0.29) is 5.41 Å². The van der Waals surface area contributed by atoms with Crippen LogP contribution in [0.15, 0.2) is 24.3 Å². The number of fused-ring (bicyclic) bond motifs is 1. The third-order valence-electron chi connectivity index (χ3n) is 4.14. The van der Waals surface area contributed by atoms with Gasteiger partial charge in [0.1, 0.15) is 0 Å². The van der Waals surface area contributed by atoms with Gasteiger partial charge in [-0.15, -0.1) is 0 Å². The van der Waals surface area contributed by atoms with Gasteiger partial charge in [0.25, 0.3) is 0 Å². The maximum Gasteiger partial charge on any atom is 0.0628 e. The molecule has 94 valence electrons. The van der Waals surface area contributed by atoms with Gasteiger partial charge in [0.05, 0.1) is 6.07 Å². The summed E-state index contributed by atoms with van der Waals surface area (Å²) >= 11 is 0. The fourth-order valence-electron chi connectivity index (χ4n) is 2.83. The first-order valence-corrected chi connectivity index (χ1v) is 6.74. The Bertz CT molecular complexity index is 471. The van der Waals surface area contributed by atoms with Gasteiger partial charge in [0.15, 0.2) is 0 Å². The van der Waals surface area contributed by atoms with Crippen LogP contribution in [-0.2, 0) is 6.54 Å². The molecule has 0 spiro atoms. The molecule has 1 aliphatic carbocycles. The van der Waals surface area contributed by atoms with E-state index in [1.54, 1.807) is 0 Å². The Labute approximate surface area is 108 Å². The van der Waals surface area contributed by atoms with Crippen molar-refractivity contribution in [2.75, 3.05) is 24.5 Å². The molecule has 1 aromatic rings. The summed E-state index contributed by atoms with van der Waals surface area (Å²) in [5.41, 5.74) is 3.01. The van der Waals surface area contributed by atoms with E-state index in [2.05, 4.69) is 40.6 Å². The molecule has 1 heterocycles. The summed E-state index contributed by atoms with van der Waals surface area (Å²) in [4.78, 5) is 2.47. The van der Waals surface area contributed by atoms with Crippen molar-refractivity contribution < 1.29 is 0 Å². The van der Waals surface area contributed by atoms with E-state index in [0.717, 1.165) is 26.2 Å². The summed E-state index contributed by atoms with van der Waals surface area (Å²) in [5, 5.41) is 12.4. The van der Waals surface area contributed by atoms with Gasteiger partial charge in [0, 0.05) is 43.7 Å². The van der Waals surface area contributed by atoms with E-state index in [9.17, 15) is 0 Å². The number of benzene rings is 1. The molecule has 3 heteroatoms. The van der Waals surface area contributed by atoms with Crippen LogP contribution < -0.4 is 10.2 Å². The standard InChI is InChI=1S/C15H19N3/c16-8-7-15(5-6-15)12-18-10-9-17-11-13-3-1-2-4-14(13)18/h1-4,17H,5-7,9-12H2. The van der Waals surface area contributed by atoms with E-state index >= 15 is 0 Å². The van der Waals surface area contributed by atoms with E-state index in [1.165, 1.54) is 24.1 Å². The van der Waals surface area contributed by atoms with Gasteiger partial charge in [0.2, 0.25) is 0 Å². The highest BCUT2D eigenvalue weighted by Gasteiger charge is 2.44. The molecular formula is C15H19N3. The minimum Gasteiger partial charge on any atom is -0.369 e. The topological polar surface area (TPSA) is 39.1 Å². The second kappa shape index (κ2) is 4.62. The number of nitrogens with one attached hydrogen (secondary N) is 1. The largest absolute Gasteiger partial charge is 0.369 e. The molecule has 1 aliphatic heterocycles. The van der Waals surface area contributed by atoms with Crippen LogP contribution in [0.4, 0.5) is 5.69 Å². The Morgan fingerprint density at radius 3 is 2.94 bits per heavy atom. The van der Waals surface area contributed by atoms with E-state index in [4.69, 9.17) is 5.26 Å². The van der Waals surface area contributed by atoms with Crippen molar-refractivity contribution in [2.45, 2.75) is 25.8 Å². The Hall–Kier alpha value is -1.53. The van der Waals surface area contributed by atoms with Crippen LogP contribution in [0.1, 0.15) is 24.8 Å². The van der Waals surface area contributed by atoms with Crippen LogP contribution >= 0.6 is 0 Å². The summed E-state index contributed by atoms with van der Waals surface area (Å²) in [7, 11) is 0. The van der Waals surface area contributed by atoms with E-state index in [0.29, 0.717) is 6.42 Å². The minimum atomic E-state index is 0.284. The monoisotopic (exact) mass is 241 g/mol. The first-order chi connectivity index (χ1) is 8.83. The summed E-state index contributed by atoms with van der Waals surface area (Å²) in [5.74, 6) is 0. The molecule has 0 amide bonds. The van der Waals surface area contributed by atoms with Crippen molar-refractivity contribution in [2.24, 2.45) is 5.41 Å². The van der Waals surface area contributed by atoms with Crippen LogP contribution in [-0.4, -0.2) is 19.6 Å². The molecule has 0 atom stereocenters. The van der Waals surface area contributed by atoms with Gasteiger partial charge in [-0.05, 0) is 24.5 Å². The maximum absolute atomic E-state index is 8.94. The lowest BCUT2D eigenvalue weighted by Crippen LogP contribution is -2.34. The van der Waals surface area contributed by atoms with Gasteiger partial charge in [-0.25, -0.2) is 0 Å². The predicted octanol–water partition coefficient (Wildman–Crippen LogP) is 2.29. The van der Waals surface area contributed by atoms with Gasteiger partial charge >= 0.3 is 0 Å². The van der Waals surface area contributed by atoms with Crippen LogP contribution in [0.2, 0.25) is 0 Å². The number of nitriles is 1. The van der Waals surface area contributed by atoms with Crippen LogP contribution in [0, 0.1) is 16.7 Å². The molecule has 0 saturated heterocycles. The van der Waals surface area contributed by atoms with Crippen molar-refractivity contribution in [1.29, 1.82) is 5.26 Å². The third-order valence-corrected chi connectivity index (χ3v) is 4.14. The van der Waals surface area contributed by atoms with Crippen molar-refractivity contribution in [3.63, 3.8) is 0 Å². The molecule has 1 saturated carbocycles. The lowest BCUT2D eigenvalue weighted by molar-refractivity contribution is 0.507. The number of para-hydroxylation sites is 1. The molecule has 3 nitrogen and oxygen atoms in total. The molecule has 18 heavy (non-hydrogen) atoms. The SMILES string of the molecule is N#CCC1(CN2CCNCc3ccccc32)CC1. The molecular weight excluding hydrogens is 222 g/mol. The number of nitrogens with zero attached hydrogens (tertiary/aromatic N) is 2. The first kappa shape index (κ1) is 11.6. The minimum absolute atomic E-state index is 0.284. The highest BCUT2D eigenvalue weighted by molar-refractivity contribution is 5.54. The third kappa shape index (κ3) is 2.21. The predicted molar refractivity (Wildman–Crippen MR) is 72.3 cm³/mol. The van der Waals surface area contributed by atoms with Gasteiger partial charge in [-0.2, -0.15) is 5.26 Å². The molecule has 0 unspecified atom stereocenters. The Balaban J connectivity index is 1.82. The van der Waals surface area contributed by atoms with E-state index in [1.807, 2.05) is 0 Å². The molecule has 1 fully saturated rings. The van der Waals surface area contributed by atoms with Crippen molar-refractivity contribution in [3.05, 3.63) is 29.8 Å². The number of anilines is 1. The van der Waals surface area contributed by atoms with Gasteiger partial charge < -0.3 is 10.2 Å². The second-order valence-electron chi connectivity index (χ2n) is 5.56. The first-order valence-electron chi connectivity index (χ1n) is 6.74. The molecule has 0 bridgehead atoms. The average molecular weight is 241 g/mol. The fraction of sp³-hybridized carbons (Fsp3) is 0.533. The summed E-state index contributed by atoms with van der Waals surface area (Å²) < 4.78 is 0. The lowest BCUT2D eigenvalue weighted by Gasteiger charge is -2.28. The molecule has 0 radical (unpaired) electrons. The average Bonchev–Trinajstić information content (AvgIpc) is 3.16. The van der Waals surface area contributed by atoms with E-state index < -0.39 is 0 Å². The second-order valence-corrected chi connectivity index (χ2v) is 5.56. The summed E-state index contributed by atoms with van der Waals surface area (Å²) in [6.45, 7) is 4.07. The Kier molecular flexibility index (Phi) is 2.97. The number of rotatable bonds is 3. The van der Waals surface area contributed by atoms with Crippen molar-refractivity contribution in [1.82, 2.24) is 5.32 Å². The summed E-state index contributed by atoms with van der Waals surface area (Å²) in [6.07, 6.45) is 3.14. The smallest absolute Gasteiger partial charge is 0.0628 e. The number of hydrogen-bond acceptors (Lipinski definition) is 3. The van der Waals surface area contributed by atoms with Crippen molar-refractivity contribution >= 4 is 5.69 Å². The highest BCUT2D eigenvalue weighted by atomic mass is 15.2. The molecule has 3 rings (SSSR count). The molecule has 1 aromatic carbocycles. The zero-order chi connectivity index (χ0) is 12.4. The number of hydrogen-bond donors (Lipinski definition) is 1. The van der Waals surface area contributed by atoms with Gasteiger partial charge in [-0.1, -0.05) is 18.2 Å². The zero-order valence-corrected chi connectivity index (χ0v) is 10.7. The fourth-order valence-corrected chi connectivity index (χ4v) is 2.83. The van der Waals surface area contributed by atoms with Crippen LogP contribution in [0.25, 0.3) is 0 Å². The summed E-state index contributed by atoms with van der Waals surface area (Å²) in [6, 6.07) is 11.0. The van der Waals surface area contributed by atoms with Crippen molar-refractivity contribution in [3.8, 4) is 6.07 Å². The Morgan fingerprint density at radius 2 is 2.17 bits per heavy atom. The molecule has 0 aromatic heterocycles. The lowest BCUT2D eigenvalue weighted by atomic mass is 10.0. The Morgan fingerprint density at radius 1 is 1.33 bits per heavy atom. The normalized spacial score (nSPS) is 20.7. The zero-order valence-electron chi connectivity index (χ0n) is 10.7. The van der Waals surface area contributed by atoms with Gasteiger partial charge in [-0.3, -0.25) is 0 Å². The molecule has 2 aliphatic rings. The quantitative estimate of drug-likeness (QED) is 0.882. The van der Waals surface area contributed by atoms with Crippen LogP contribution in [0.3, 0.4) is 0 Å².